The van der Waals surface area contributed by atoms with Crippen molar-refractivity contribution in [1.29, 1.82) is 0 Å². The van der Waals surface area contributed by atoms with Gasteiger partial charge in [0.25, 0.3) is 0 Å². The van der Waals surface area contributed by atoms with Crippen LogP contribution in [0.15, 0.2) is 0 Å². The summed E-state index contributed by atoms with van der Waals surface area (Å²) in [6.07, 6.45) is 0. The summed E-state index contributed by atoms with van der Waals surface area (Å²) in [7, 11) is -1.93. The van der Waals surface area contributed by atoms with Gasteiger partial charge in [0.05, 0.1) is 0 Å². The van der Waals surface area contributed by atoms with Gasteiger partial charge < -0.3 is 9.63 Å². The Hall–Kier alpha value is -0.393. The smallest absolute Gasteiger partial charge is 0.320 e. The second-order valence-corrected chi connectivity index (χ2v) is 10.6. The van der Waals surface area contributed by atoms with E-state index in [9.17, 15) is 4.79 Å². The molecule has 0 rings (SSSR count). The summed E-state index contributed by atoms with van der Waals surface area (Å²) in [5.74, 6) is -0.854. The normalized spacial score (nSPS) is 13.6. The Labute approximate surface area is 99.7 Å². The van der Waals surface area contributed by atoms with E-state index in [0.29, 0.717) is 0 Å². The van der Waals surface area contributed by atoms with Crippen molar-refractivity contribution in [1.82, 2.24) is 5.06 Å². The molecule has 0 aliphatic rings. The van der Waals surface area contributed by atoms with Gasteiger partial charge in [0.2, 0.25) is 8.32 Å². The molecule has 0 aromatic carbocycles. The predicted octanol–water partition coefficient (Wildman–Crippen LogP) is 2.72. The Bertz CT molecular complexity index is 246. The molecule has 0 aromatic rings. The first-order valence-corrected chi connectivity index (χ1v) is 8.56. The molecular formula is C11H25NO3Si. The zero-order valence-electron chi connectivity index (χ0n) is 11.5. The van der Waals surface area contributed by atoms with Crippen molar-refractivity contribution in [2.45, 2.75) is 58.8 Å². The van der Waals surface area contributed by atoms with Crippen LogP contribution >= 0.6 is 0 Å². The highest BCUT2D eigenvalue weighted by molar-refractivity contribution is 6.74. The molecule has 96 valence electrons. The van der Waals surface area contributed by atoms with E-state index < -0.39 is 14.3 Å². The fourth-order valence-corrected chi connectivity index (χ4v) is 2.02. The lowest BCUT2D eigenvalue weighted by atomic mass is 10.2. The van der Waals surface area contributed by atoms with Crippen molar-refractivity contribution < 1.29 is 14.4 Å². The Morgan fingerprint density at radius 2 is 1.81 bits per heavy atom. The summed E-state index contributed by atoms with van der Waals surface area (Å²) < 4.78 is 5.97. The third kappa shape index (κ3) is 4.63. The molecule has 0 amide bonds. The zero-order chi connectivity index (χ0) is 13.1. The molecule has 5 heteroatoms. The van der Waals surface area contributed by atoms with Crippen LogP contribution in [0, 0.1) is 0 Å². The van der Waals surface area contributed by atoms with Crippen molar-refractivity contribution in [3.8, 4) is 0 Å². The Morgan fingerprint density at radius 1 is 1.38 bits per heavy atom. The van der Waals surface area contributed by atoms with E-state index in [1.54, 1.807) is 5.06 Å². The molecule has 0 fully saturated rings. The molecule has 0 bridgehead atoms. The van der Waals surface area contributed by atoms with Crippen LogP contribution in [0.3, 0.4) is 0 Å². The molecule has 0 aromatic heterocycles. The SMILES string of the molecule is CC(C)N(CC(=O)O)O[Si](C)(C)C(C)(C)C. The van der Waals surface area contributed by atoms with Crippen LogP contribution in [-0.4, -0.2) is 37.0 Å². The van der Waals surface area contributed by atoms with Gasteiger partial charge in [-0.1, -0.05) is 20.8 Å². The van der Waals surface area contributed by atoms with Crippen LogP contribution in [0.2, 0.25) is 18.1 Å². The third-order valence-electron chi connectivity index (χ3n) is 3.02. The maximum Gasteiger partial charge on any atom is 0.320 e. The lowest BCUT2D eigenvalue weighted by Gasteiger charge is -2.40. The number of hydrogen-bond acceptors (Lipinski definition) is 3. The number of aliphatic carboxylic acids is 1. The Balaban J connectivity index is 4.69. The number of carboxylic acid groups (broad SMARTS) is 1. The van der Waals surface area contributed by atoms with Gasteiger partial charge in [0, 0.05) is 6.04 Å². The van der Waals surface area contributed by atoms with Gasteiger partial charge in [-0.05, 0) is 32.0 Å². The molecule has 0 saturated carbocycles. The molecular weight excluding hydrogens is 222 g/mol. The summed E-state index contributed by atoms with van der Waals surface area (Å²) >= 11 is 0. The number of nitrogens with zero attached hydrogens (tertiary/aromatic N) is 1. The average Bonchev–Trinajstić information content (AvgIpc) is 1.98. The number of hydroxylamine groups is 2. The average molecular weight is 247 g/mol. The lowest BCUT2D eigenvalue weighted by Crippen LogP contribution is -2.50. The van der Waals surface area contributed by atoms with Crippen LogP contribution in [0.5, 0.6) is 0 Å². The molecule has 0 unspecified atom stereocenters. The first-order chi connectivity index (χ1) is 6.97. The largest absolute Gasteiger partial charge is 0.480 e. The standard InChI is InChI=1S/C11H25NO3Si/c1-9(2)12(8-10(13)14)15-16(6,7)11(3,4)5/h9H,8H2,1-7H3,(H,13,14). The van der Waals surface area contributed by atoms with Gasteiger partial charge in [-0.15, -0.1) is 0 Å². The molecule has 0 atom stereocenters. The van der Waals surface area contributed by atoms with E-state index in [0.717, 1.165) is 0 Å². The maximum absolute atomic E-state index is 10.7. The topological polar surface area (TPSA) is 49.8 Å². The first-order valence-electron chi connectivity index (χ1n) is 5.65. The molecule has 0 aliphatic carbocycles. The quantitative estimate of drug-likeness (QED) is 0.599. The second kappa shape index (κ2) is 5.29. The van der Waals surface area contributed by atoms with Crippen molar-refractivity contribution in [2.75, 3.05) is 6.54 Å². The summed E-state index contributed by atoms with van der Waals surface area (Å²) in [4.78, 5) is 10.7. The number of carbonyl (C=O) groups is 1. The minimum atomic E-state index is -1.93. The minimum Gasteiger partial charge on any atom is -0.480 e. The van der Waals surface area contributed by atoms with Crippen molar-refractivity contribution in [3.63, 3.8) is 0 Å². The van der Waals surface area contributed by atoms with Crippen LogP contribution in [0.4, 0.5) is 0 Å². The summed E-state index contributed by atoms with van der Waals surface area (Å²) in [6.45, 7) is 14.5. The molecule has 0 aliphatic heterocycles. The monoisotopic (exact) mass is 247 g/mol. The van der Waals surface area contributed by atoms with Crippen molar-refractivity contribution in [3.05, 3.63) is 0 Å². The fraction of sp³-hybridized carbons (Fsp3) is 0.909. The summed E-state index contributed by atoms with van der Waals surface area (Å²) in [6, 6.07) is 0.0743. The van der Waals surface area contributed by atoms with E-state index in [1.165, 1.54) is 0 Å². The number of hydrogen-bond donors (Lipinski definition) is 1. The molecule has 0 heterocycles. The Kier molecular flexibility index (Phi) is 5.16. The van der Waals surface area contributed by atoms with Crippen molar-refractivity contribution >= 4 is 14.3 Å². The van der Waals surface area contributed by atoms with Gasteiger partial charge in [0.1, 0.15) is 6.54 Å². The lowest BCUT2D eigenvalue weighted by molar-refractivity contribution is -0.154. The van der Waals surface area contributed by atoms with E-state index in [-0.39, 0.29) is 17.6 Å². The predicted molar refractivity (Wildman–Crippen MR) is 67.8 cm³/mol. The van der Waals surface area contributed by atoms with Gasteiger partial charge in [-0.3, -0.25) is 4.79 Å². The maximum atomic E-state index is 10.7. The van der Waals surface area contributed by atoms with E-state index >= 15 is 0 Å². The van der Waals surface area contributed by atoms with Gasteiger partial charge >= 0.3 is 5.97 Å². The summed E-state index contributed by atoms with van der Waals surface area (Å²) in [5.41, 5.74) is 0. The Morgan fingerprint density at radius 3 is 2.06 bits per heavy atom. The molecule has 4 nitrogen and oxygen atoms in total. The van der Waals surface area contributed by atoms with E-state index in [2.05, 4.69) is 33.9 Å². The second-order valence-electron chi connectivity index (χ2n) is 5.91. The highest BCUT2D eigenvalue weighted by Crippen LogP contribution is 2.37. The van der Waals surface area contributed by atoms with Crippen LogP contribution in [-0.2, 0) is 9.32 Å². The molecule has 1 N–H and O–H groups in total. The molecule has 0 radical (unpaired) electrons. The molecule has 0 spiro atoms. The van der Waals surface area contributed by atoms with Gasteiger partial charge in [-0.2, -0.15) is 5.06 Å². The third-order valence-corrected chi connectivity index (χ3v) is 7.32. The van der Waals surface area contributed by atoms with Gasteiger partial charge in [0.15, 0.2) is 0 Å². The molecule has 0 saturated heterocycles. The van der Waals surface area contributed by atoms with Crippen molar-refractivity contribution in [2.24, 2.45) is 0 Å². The van der Waals surface area contributed by atoms with E-state index in [1.807, 2.05) is 13.8 Å². The van der Waals surface area contributed by atoms with Crippen LogP contribution in [0.1, 0.15) is 34.6 Å². The summed E-state index contributed by atoms with van der Waals surface area (Å²) in [5, 5.41) is 10.5. The highest BCUT2D eigenvalue weighted by atomic mass is 28.4. The number of rotatable bonds is 5. The fourth-order valence-electron chi connectivity index (χ4n) is 0.884. The number of carboxylic acids is 1. The van der Waals surface area contributed by atoms with Gasteiger partial charge in [-0.25, -0.2) is 0 Å². The zero-order valence-corrected chi connectivity index (χ0v) is 12.5. The van der Waals surface area contributed by atoms with Crippen LogP contribution < -0.4 is 0 Å². The first kappa shape index (κ1) is 15.6. The van der Waals surface area contributed by atoms with E-state index in [4.69, 9.17) is 9.63 Å². The van der Waals surface area contributed by atoms with Crippen LogP contribution in [0.25, 0.3) is 0 Å². The minimum absolute atomic E-state index is 0.0653. The highest BCUT2D eigenvalue weighted by Gasteiger charge is 2.40. The molecule has 16 heavy (non-hydrogen) atoms.